The molecule has 1 aromatic carbocycles. The lowest BCUT2D eigenvalue weighted by Crippen LogP contribution is -2.39. The summed E-state index contributed by atoms with van der Waals surface area (Å²) in [6.45, 7) is 4.69. The lowest BCUT2D eigenvalue weighted by molar-refractivity contribution is 0.341. The summed E-state index contributed by atoms with van der Waals surface area (Å²) in [6, 6.07) is 6.25. The Labute approximate surface area is 114 Å². The quantitative estimate of drug-likeness (QED) is 0.860. The van der Waals surface area contributed by atoms with E-state index >= 15 is 0 Å². The van der Waals surface area contributed by atoms with Gasteiger partial charge in [-0.15, -0.1) is 0 Å². The molecule has 100 valence electrons. The van der Waals surface area contributed by atoms with Crippen LogP contribution in [0.15, 0.2) is 18.2 Å². The summed E-state index contributed by atoms with van der Waals surface area (Å²) in [5.41, 5.74) is 0.983. The number of piperidine rings is 1. The van der Waals surface area contributed by atoms with Crippen molar-refractivity contribution in [2.75, 3.05) is 25.0 Å². The predicted octanol–water partition coefficient (Wildman–Crippen LogP) is 3.29. The van der Waals surface area contributed by atoms with E-state index in [1.807, 2.05) is 25.1 Å². The number of halogens is 1. The average Bonchev–Trinajstić information content (AvgIpc) is 2.40. The summed E-state index contributed by atoms with van der Waals surface area (Å²) in [6.07, 6.45) is 3.84. The average molecular weight is 269 g/mol. The molecule has 2 rings (SSSR count). The maximum Gasteiger partial charge on any atom is 0.142 e. The number of hydrogen-bond donors (Lipinski definition) is 2. The van der Waals surface area contributed by atoms with E-state index in [0.717, 1.165) is 29.5 Å². The molecule has 1 heterocycles. The van der Waals surface area contributed by atoms with E-state index in [9.17, 15) is 0 Å². The van der Waals surface area contributed by atoms with Gasteiger partial charge in [0.2, 0.25) is 0 Å². The first-order valence-electron chi connectivity index (χ1n) is 6.69. The topological polar surface area (TPSA) is 33.3 Å². The standard InChI is InChI=1S/C14H21ClN2O/c1-2-18-14-7-6-11(15)9-13(14)17-10-12-5-3-4-8-16-12/h6-7,9,12,16-17H,2-5,8,10H2,1H3. The smallest absolute Gasteiger partial charge is 0.142 e. The minimum atomic E-state index is 0.548. The molecule has 1 aliphatic rings. The van der Waals surface area contributed by atoms with Crippen molar-refractivity contribution in [2.24, 2.45) is 0 Å². The Kier molecular flexibility index (Phi) is 5.14. The van der Waals surface area contributed by atoms with Gasteiger partial charge in [0.25, 0.3) is 0 Å². The van der Waals surface area contributed by atoms with Crippen molar-refractivity contribution in [3.05, 3.63) is 23.2 Å². The monoisotopic (exact) mass is 268 g/mol. The zero-order valence-electron chi connectivity index (χ0n) is 10.8. The summed E-state index contributed by atoms with van der Waals surface area (Å²) in [4.78, 5) is 0. The third kappa shape index (κ3) is 3.79. The van der Waals surface area contributed by atoms with Crippen LogP contribution >= 0.6 is 11.6 Å². The minimum absolute atomic E-state index is 0.548. The SMILES string of the molecule is CCOc1ccc(Cl)cc1NCC1CCCCN1. The summed E-state index contributed by atoms with van der Waals surface area (Å²) >= 11 is 6.03. The normalized spacial score (nSPS) is 19.6. The van der Waals surface area contributed by atoms with Gasteiger partial charge in [0.05, 0.1) is 12.3 Å². The molecule has 1 unspecified atom stereocenters. The van der Waals surface area contributed by atoms with Gasteiger partial charge in [0, 0.05) is 17.6 Å². The maximum atomic E-state index is 6.03. The molecule has 1 atom stereocenters. The molecule has 0 saturated carbocycles. The van der Waals surface area contributed by atoms with Crippen LogP contribution in [0.3, 0.4) is 0 Å². The van der Waals surface area contributed by atoms with Crippen molar-refractivity contribution < 1.29 is 4.74 Å². The van der Waals surface area contributed by atoms with Gasteiger partial charge < -0.3 is 15.4 Å². The molecule has 18 heavy (non-hydrogen) atoms. The second-order valence-corrected chi connectivity index (χ2v) is 5.04. The summed E-state index contributed by atoms with van der Waals surface area (Å²) < 4.78 is 5.59. The fraction of sp³-hybridized carbons (Fsp3) is 0.571. The first-order valence-corrected chi connectivity index (χ1v) is 7.07. The van der Waals surface area contributed by atoms with Crippen LogP contribution in [0.5, 0.6) is 5.75 Å². The fourth-order valence-corrected chi connectivity index (χ4v) is 2.43. The van der Waals surface area contributed by atoms with Gasteiger partial charge in [-0.25, -0.2) is 0 Å². The van der Waals surface area contributed by atoms with Gasteiger partial charge in [-0.05, 0) is 44.5 Å². The highest BCUT2D eigenvalue weighted by atomic mass is 35.5. The first kappa shape index (κ1) is 13.5. The van der Waals surface area contributed by atoms with E-state index in [4.69, 9.17) is 16.3 Å². The third-order valence-electron chi connectivity index (χ3n) is 3.19. The molecule has 2 N–H and O–H groups in total. The number of rotatable bonds is 5. The molecule has 0 amide bonds. The lowest BCUT2D eigenvalue weighted by Gasteiger charge is -2.24. The van der Waals surface area contributed by atoms with Crippen LogP contribution in [0.4, 0.5) is 5.69 Å². The Hall–Kier alpha value is -0.930. The summed E-state index contributed by atoms with van der Waals surface area (Å²) in [7, 11) is 0. The van der Waals surface area contributed by atoms with Crippen LogP contribution in [0, 0.1) is 0 Å². The molecule has 0 aliphatic carbocycles. The highest BCUT2D eigenvalue weighted by molar-refractivity contribution is 6.30. The van der Waals surface area contributed by atoms with Crippen molar-refractivity contribution in [2.45, 2.75) is 32.2 Å². The largest absolute Gasteiger partial charge is 0.492 e. The van der Waals surface area contributed by atoms with Crippen LogP contribution in [0.1, 0.15) is 26.2 Å². The van der Waals surface area contributed by atoms with Gasteiger partial charge in [-0.3, -0.25) is 0 Å². The number of benzene rings is 1. The van der Waals surface area contributed by atoms with Gasteiger partial charge in [0.15, 0.2) is 0 Å². The Morgan fingerprint density at radius 1 is 1.44 bits per heavy atom. The number of hydrogen-bond acceptors (Lipinski definition) is 3. The van der Waals surface area contributed by atoms with Crippen molar-refractivity contribution in [1.82, 2.24) is 5.32 Å². The first-order chi connectivity index (χ1) is 8.79. The number of nitrogens with one attached hydrogen (secondary N) is 2. The molecular formula is C14H21ClN2O. The molecule has 1 saturated heterocycles. The molecular weight excluding hydrogens is 248 g/mol. The molecule has 1 aliphatic heterocycles. The van der Waals surface area contributed by atoms with E-state index < -0.39 is 0 Å². The zero-order chi connectivity index (χ0) is 12.8. The summed E-state index contributed by atoms with van der Waals surface area (Å²) in [5, 5.41) is 7.69. The van der Waals surface area contributed by atoms with Gasteiger partial charge in [-0.2, -0.15) is 0 Å². The van der Waals surface area contributed by atoms with E-state index in [2.05, 4.69) is 10.6 Å². The lowest BCUT2D eigenvalue weighted by atomic mass is 10.1. The van der Waals surface area contributed by atoms with E-state index in [1.165, 1.54) is 19.3 Å². The second-order valence-electron chi connectivity index (χ2n) is 4.60. The van der Waals surface area contributed by atoms with Crippen LogP contribution in [-0.2, 0) is 0 Å². The van der Waals surface area contributed by atoms with Gasteiger partial charge in [0.1, 0.15) is 5.75 Å². The Morgan fingerprint density at radius 3 is 3.06 bits per heavy atom. The number of ether oxygens (including phenoxy) is 1. The van der Waals surface area contributed by atoms with Gasteiger partial charge >= 0.3 is 0 Å². The van der Waals surface area contributed by atoms with Crippen molar-refractivity contribution in [3.63, 3.8) is 0 Å². The van der Waals surface area contributed by atoms with Crippen LogP contribution < -0.4 is 15.4 Å². The van der Waals surface area contributed by atoms with Crippen LogP contribution in [0.25, 0.3) is 0 Å². The highest BCUT2D eigenvalue weighted by Gasteiger charge is 2.13. The Bertz CT molecular complexity index is 378. The number of anilines is 1. The Balaban J connectivity index is 1.95. The maximum absolute atomic E-state index is 6.03. The fourth-order valence-electron chi connectivity index (χ4n) is 2.25. The van der Waals surface area contributed by atoms with Crippen molar-refractivity contribution in [1.29, 1.82) is 0 Å². The Morgan fingerprint density at radius 2 is 2.33 bits per heavy atom. The van der Waals surface area contributed by atoms with Crippen molar-refractivity contribution >= 4 is 17.3 Å². The van der Waals surface area contributed by atoms with E-state index in [1.54, 1.807) is 0 Å². The molecule has 3 nitrogen and oxygen atoms in total. The van der Waals surface area contributed by atoms with E-state index in [0.29, 0.717) is 12.6 Å². The van der Waals surface area contributed by atoms with Crippen LogP contribution in [0.2, 0.25) is 5.02 Å². The van der Waals surface area contributed by atoms with Crippen molar-refractivity contribution in [3.8, 4) is 5.75 Å². The highest BCUT2D eigenvalue weighted by Crippen LogP contribution is 2.28. The predicted molar refractivity (Wildman–Crippen MR) is 76.8 cm³/mol. The van der Waals surface area contributed by atoms with E-state index in [-0.39, 0.29) is 0 Å². The zero-order valence-corrected chi connectivity index (χ0v) is 11.6. The van der Waals surface area contributed by atoms with Crippen LogP contribution in [-0.4, -0.2) is 25.7 Å². The third-order valence-corrected chi connectivity index (χ3v) is 3.43. The molecule has 1 fully saturated rings. The molecule has 0 bridgehead atoms. The molecule has 0 aromatic heterocycles. The second kappa shape index (κ2) is 6.86. The molecule has 4 heteroatoms. The minimum Gasteiger partial charge on any atom is -0.492 e. The van der Waals surface area contributed by atoms with Gasteiger partial charge in [-0.1, -0.05) is 18.0 Å². The molecule has 0 radical (unpaired) electrons. The molecule has 1 aromatic rings. The summed E-state index contributed by atoms with van der Waals surface area (Å²) in [5.74, 6) is 0.873. The molecule has 0 spiro atoms.